The summed E-state index contributed by atoms with van der Waals surface area (Å²) in [5.74, 6) is -0.617. The number of nitrogens with two attached hydrogens (primary N) is 2. The molecular weight excluding hydrogens is 212 g/mol. The highest BCUT2D eigenvalue weighted by molar-refractivity contribution is 7.17. The van der Waals surface area contributed by atoms with Crippen molar-refractivity contribution in [2.75, 3.05) is 11.1 Å². The molecule has 0 aliphatic carbocycles. The predicted octanol–water partition coefficient (Wildman–Crippen LogP) is 1.12. The van der Waals surface area contributed by atoms with Crippen molar-refractivity contribution in [3.05, 3.63) is 10.4 Å². The normalized spacial score (nSPS) is 10.0. The predicted molar refractivity (Wildman–Crippen MR) is 60.7 cm³/mol. The summed E-state index contributed by atoms with van der Waals surface area (Å²) < 4.78 is 0. The second kappa shape index (κ2) is 4.19. The monoisotopic (exact) mass is 224 g/mol. The van der Waals surface area contributed by atoms with E-state index in [9.17, 15) is 4.79 Å². The van der Waals surface area contributed by atoms with Gasteiger partial charge in [-0.15, -0.1) is 11.3 Å². The van der Waals surface area contributed by atoms with Gasteiger partial charge in [0, 0.05) is 6.04 Å². The molecule has 1 aromatic rings. The number of carbonyl (C=O) groups excluding carboxylic acids is 1. The van der Waals surface area contributed by atoms with Crippen molar-refractivity contribution in [2.45, 2.75) is 19.9 Å². The fourth-order valence-electron chi connectivity index (χ4n) is 1.14. The highest BCUT2D eigenvalue weighted by Gasteiger charge is 2.20. The van der Waals surface area contributed by atoms with Gasteiger partial charge >= 0.3 is 0 Å². The Balaban J connectivity index is 3.26. The SMILES string of the molecule is CC(C)Nc1sc(C#N)c(N)c1C(N)=O. The highest BCUT2D eigenvalue weighted by Crippen LogP contribution is 2.35. The molecule has 0 aliphatic rings. The summed E-state index contributed by atoms with van der Waals surface area (Å²) in [5.41, 5.74) is 11.2. The third kappa shape index (κ3) is 2.19. The number of hydrogen-bond donors (Lipinski definition) is 3. The minimum absolute atomic E-state index is 0.146. The van der Waals surface area contributed by atoms with Crippen LogP contribution in [0.5, 0.6) is 0 Å². The molecule has 0 unspecified atom stereocenters. The summed E-state index contributed by atoms with van der Waals surface area (Å²) in [4.78, 5) is 11.5. The molecule has 0 fully saturated rings. The molecule has 1 heterocycles. The standard InChI is InChI=1S/C9H12N4OS/c1-4(2)13-9-6(8(12)14)7(11)5(3-10)15-9/h4,13H,11H2,1-2H3,(H2,12,14). The lowest BCUT2D eigenvalue weighted by molar-refractivity contribution is 0.100. The Morgan fingerprint density at radius 2 is 2.20 bits per heavy atom. The zero-order valence-electron chi connectivity index (χ0n) is 8.50. The van der Waals surface area contributed by atoms with Crippen LogP contribution in [-0.2, 0) is 0 Å². The van der Waals surface area contributed by atoms with Gasteiger partial charge in [-0.3, -0.25) is 4.79 Å². The van der Waals surface area contributed by atoms with E-state index in [4.69, 9.17) is 16.7 Å². The number of nitriles is 1. The second-order valence-corrected chi connectivity index (χ2v) is 4.34. The first-order valence-electron chi connectivity index (χ1n) is 4.36. The number of carbonyl (C=O) groups is 1. The van der Waals surface area contributed by atoms with E-state index in [0.29, 0.717) is 9.88 Å². The summed E-state index contributed by atoms with van der Waals surface area (Å²) in [7, 11) is 0. The molecule has 5 nitrogen and oxygen atoms in total. The first-order chi connectivity index (χ1) is 6.97. The molecule has 80 valence electrons. The summed E-state index contributed by atoms with van der Waals surface area (Å²) in [6.45, 7) is 3.85. The summed E-state index contributed by atoms with van der Waals surface area (Å²) >= 11 is 1.14. The smallest absolute Gasteiger partial charge is 0.253 e. The maximum atomic E-state index is 11.2. The molecule has 5 N–H and O–H groups in total. The average molecular weight is 224 g/mol. The van der Waals surface area contributed by atoms with Crippen molar-refractivity contribution in [3.8, 4) is 6.07 Å². The Kier molecular flexibility index (Phi) is 3.17. The van der Waals surface area contributed by atoms with E-state index in [2.05, 4.69) is 5.32 Å². The van der Waals surface area contributed by atoms with Gasteiger partial charge in [-0.25, -0.2) is 0 Å². The first kappa shape index (κ1) is 11.3. The van der Waals surface area contributed by atoms with E-state index >= 15 is 0 Å². The van der Waals surface area contributed by atoms with E-state index in [1.165, 1.54) is 0 Å². The number of nitrogens with zero attached hydrogens (tertiary/aromatic N) is 1. The van der Waals surface area contributed by atoms with Gasteiger partial charge in [0.1, 0.15) is 15.9 Å². The zero-order valence-corrected chi connectivity index (χ0v) is 9.31. The van der Waals surface area contributed by atoms with E-state index in [0.717, 1.165) is 11.3 Å². The van der Waals surface area contributed by atoms with Gasteiger partial charge in [0.15, 0.2) is 0 Å². The van der Waals surface area contributed by atoms with Crippen LogP contribution in [0.1, 0.15) is 29.1 Å². The molecule has 1 aromatic heterocycles. The number of nitrogen functional groups attached to an aromatic ring is 1. The van der Waals surface area contributed by atoms with E-state index in [1.54, 1.807) is 0 Å². The summed E-state index contributed by atoms with van der Waals surface area (Å²) in [6, 6.07) is 2.08. The quantitative estimate of drug-likeness (QED) is 0.715. The van der Waals surface area contributed by atoms with Crippen LogP contribution in [0.3, 0.4) is 0 Å². The number of amides is 1. The lowest BCUT2D eigenvalue weighted by atomic mass is 10.2. The highest BCUT2D eigenvalue weighted by atomic mass is 32.1. The molecule has 1 rings (SSSR count). The molecule has 0 saturated carbocycles. The van der Waals surface area contributed by atoms with Crippen LogP contribution in [0.25, 0.3) is 0 Å². The molecule has 0 radical (unpaired) electrons. The Bertz CT molecular complexity index is 430. The molecule has 15 heavy (non-hydrogen) atoms. The number of rotatable bonds is 3. The molecule has 0 bridgehead atoms. The largest absolute Gasteiger partial charge is 0.396 e. The zero-order chi connectivity index (χ0) is 11.6. The molecule has 0 saturated heterocycles. The van der Waals surface area contributed by atoms with Crippen molar-refractivity contribution in [2.24, 2.45) is 5.73 Å². The Morgan fingerprint density at radius 3 is 2.60 bits per heavy atom. The van der Waals surface area contributed by atoms with Crippen molar-refractivity contribution >= 4 is 27.9 Å². The van der Waals surface area contributed by atoms with Crippen molar-refractivity contribution in [3.63, 3.8) is 0 Å². The van der Waals surface area contributed by atoms with Crippen LogP contribution in [-0.4, -0.2) is 11.9 Å². The van der Waals surface area contributed by atoms with Crippen LogP contribution in [0.2, 0.25) is 0 Å². The van der Waals surface area contributed by atoms with Crippen LogP contribution in [0.4, 0.5) is 10.7 Å². The van der Waals surface area contributed by atoms with Gasteiger partial charge < -0.3 is 16.8 Å². The van der Waals surface area contributed by atoms with Crippen LogP contribution in [0.15, 0.2) is 0 Å². The lowest BCUT2D eigenvalue weighted by Gasteiger charge is -2.08. The molecule has 1 amide bonds. The number of thiophene rings is 1. The Hall–Kier alpha value is -1.74. The van der Waals surface area contributed by atoms with Gasteiger partial charge in [0.2, 0.25) is 0 Å². The number of hydrogen-bond acceptors (Lipinski definition) is 5. The second-order valence-electron chi connectivity index (χ2n) is 3.32. The minimum Gasteiger partial charge on any atom is -0.396 e. The third-order valence-corrected chi connectivity index (χ3v) is 2.75. The third-order valence-electron chi connectivity index (χ3n) is 1.71. The Labute approximate surface area is 91.7 Å². The van der Waals surface area contributed by atoms with Gasteiger partial charge in [-0.2, -0.15) is 5.26 Å². The number of anilines is 2. The fraction of sp³-hybridized carbons (Fsp3) is 0.333. The van der Waals surface area contributed by atoms with Gasteiger partial charge in [-0.05, 0) is 13.8 Å². The van der Waals surface area contributed by atoms with Crippen LogP contribution < -0.4 is 16.8 Å². The van der Waals surface area contributed by atoms with E-state index in [1.807, 2.05) is 19.9 Å². The van der Waals surface area contributed by atoms with Crippen molar-refractivity contribution in [1.82, 2.24) is 0 Å². The summed E-state index contributed by atoms with van der Waals surface area (Å²) in [5, 5.41) is 12.4. The average Bonchev–Trinajstić information content (AvgIpc) is 2.41. The number of nitrogens with one attached hydrogen (secondary N) is 1. The molecule has 0 aliphatic heterocycles. The minimum atomic E-state index is -0.617. The van der Waals surface area contributed by atoms with Crippen LogP contribution >= 0.6 is 11.3 Å². The van der Waals surface area contributed by atoms with Crippen LogP contribution in [0, 0.1) is 11.3 Å². The van der Waals surface area contributed by atoms with Gasteiger partial charge in [0.25, 0.3) is 5.91 Å². The lowest BCUT2D eigenvalue weighted by Crippen LogP contribution is -2.17. The van der Waals surface area contributed by atoms with E-state index in [-0.39, 0.29) is 17.3 Å². The Morgan fingerprint density at radius 1 is 1.60 bits per heavy atom. The molecule has 0 atom stereocenters. The molecule has 0 aromatic carbocycles. The molecule has 0 spiro atoms. The first-order valence-corrected chi connectivity index (χ1v) is 5.17. The topological polar surface area (TPSA) is 105 Å². The maximum Gasteiger partial charge on any atom is 0.253 e. The van der Waals surface area contributed by atoms with Gasteiger partial charge in [0.05, 0.1) is 11.3 Å². The summed E-state index contributed by atoms with van der Waals surface area (Å²) in [6.07, 6.45) is 0. The van der Waals surface area contributed by atoms with E-state index < -0.39 is 5.91 Å². The number of primary amides is 1. The maximum absolute atomic E-state index is 11.2. The molecular formula is C9H12N4OS. The van der Waals surface area contributed by atoms with Gasteiger partial charge in [-0.1, -0.05) is 0 Å². The fourth-order valence-corrected chi connectivity index (χ4v) is 2.20. The van der Waals surface area contributed by atoms with Crippen molar-refractivity contribution < 1.29 is 4.79 Å². The van der Waals surface area contributed by atoms with Crippen molar-refractivity contribution in [1.29, 1.82) is 5.26 Å². The molecule has 6 heteroatoms.